The minimum atomic E-state index is -0.0122. The molecule has 0 N–H and O–H groups in total. The van der Waals surface area contributed by atoms with Gasteiger partial charge in [-0.3, -0.25) is 9.78 Å². The van der Waals surface area contributed by atoms with Gasteiger partial charge in [-0.25, -0.2) is 9.97 Å². The quantitative estimate of drug-likeness (QED) is 0.827. The third-order valence-electron chi connectivity index (χ3n) is 4.74. The minimum Gasteiger partial charge on any atom is -0.328 e. The second-order valence-electron chi connectivity index (χ2n) is 7.00. The molecule has 3 rings (SSSR count). The van der Waals surface area contributed by atoms with Crippen LogP contribution in [0.3, 0.4) is 0 Å². The molecule has 1 fully saturated rings. The first-order chi connectivity index (χ1) is 12.1. The molecule has 0 aromatic carbocycles. The molecular weight excluding hydrogens is 312 g/mol. The van der Waals surface area contributed by atoms with Crippen LogP contribution in [0.5, 0.6) is 0 Å². The molecule has 2 heterocycles. The predicted octanol–water partition coefficient (Wildman–Crippen LogP) is 3.97. The van der Waals surface area contributed by atoms with Crippen LogP contribution in [0.4, 0.5) is 0 Å². The summed E-state index contributed by atoms with van der Waals surface area (Å²) >= 11 is 0. The molecule has 1 amide bonds. The van der Waals surface area contributed by atoms with E-state index in [4.69, 9.17) is 0 Å². The van der Waals surface area contributed by atoms with Gasteiger partial charge >= 0.3 is 0 Å². The molecule has 5 nitrogen and oxygen atoms in total. The van der Waals surface area contributed by atoms with Gasteiger partial charge in [-0.05, 0) is 31.0 Å². The van der Waals surface area contributed by atoms with Crippen molar-refractivity contribution in [3.63, 3.8) is 0 Å². The van der Waals surface area contributed by atoms with Crippen molar-refractivity contribution in [3.8, 4) is 0 Å². The maximum atomic E-state index is 13.2. The Labute approximate surface area is 149 Å². The van der Waals surface area contributed by atoms with Crippen LogP contribution < -0.4 is 0 Å². The van der Waals surface area contributed by atoms with Gasteiger partial charge in [0.15, 0.2) is 0 Å². The number of carbonyl (C=O) groups excluding carboxylic acids is 1. The number of hydrogen-bond acceptors (Lipinski definition) is 4. The van der Waals surface area contributed by atoms with Crippen LogP contribution in [0.15, 0.2) is 36.7 Å². The molecule has 0 bridgehead atoms. The fraction of sp³-hybridized carbons (Fsp3) is 0.500. The molecule has 1 saturated carbocycles. The van der Waals surface area contributed by atoms with Crippen molar-refractivity contribution in [2.45, 2.75) is 64.5 Å². The molecule has 132 valence electrons. The fourth-order valence-corrected chi connectivity index (χ4v) is 3.34. The Morgan fingerprint density at radius 3 is 2.60 bits per heavy atom. The number of aromatic nitrogens is 3. The fourth-order valence-electron chi connectivity index (χ4n) is 3.34. The van der Waals surface area contributed by atoms with Gasteiger partial charge in [-0.1, -0.05) is 39.2 Å². The molecule has 0 spiro atoms. The monoisotopic (exact) mass is 338 g/mol. The van der Waals surface area contributed by atoms with Crippen molar-refractivity contribution >= 4 is 5.91 Å². The van der Waals surface area contributed by atoms with E-state index in [1.165, 1.54) is 19.3 Å². The van der Waals surface area contributed by atoms with Crippen LogP contribution in [-0.4, -0.2) is 31.8 Å². The Morgan fingerprint density at radius 2 is 1.92 bits per heavy atom. The highest BCUT2D eigenvalue weighted by molar-refractivity contribution is 5.92. The van der Waals surface area contributed by atoms with Gasteiger partial charge in [0.2, 0.25) is 0 Å². The number of nitrogens with zero attached hydrogens (tertiary/aromatic N) is 4. The highest BCUT2D eigenvalue weighted by Gasteiger charge is 2.27. The summed E-state index contributed by atoms with van der Waals surface area (Å²) in [5.41, 5.74) is 1.40. The van der Waals surface area contributed by atoms with Crippen LogP contribution >= 0.6 is 0 Å². The smallest absolute Gasteiger partial charge is 0.273 e. The highest BCUT2D eigenvalue weighted by Crippen LogP contribution is 2.25. The van der Waals surface area contributed by atoms with E-state index in [9.17, 15) is 4.79 Å². The molecule has 0 aliphatic heterocycles. The summed E-state index contributed by atoms with van der Waals surface area (Å²) in [6.07, 6.45) is 9.19. The lowest BCUT2D eigenvalue weighted by molar-refractivity contribution is 0.0604. The lowest BCUT2D eigenvalue weighted by Gasteiger charge is -2.34. The van der Waals surface area contributed by atoms with Gasteiger partial charge in [0, 0.05) is 24.4 Å². The average molecular weight is 338 g/mol. The van der Waals surface area contributed by atoms with E-state index in [-0.39, 0.29) is 17.9 Å². The Balaban J connectivity index is 1.87. The van der Waals surface area contributed by atoms with E-state index in [0.717, 1.165) is 18.5 Å². The van der Waals surface area contributed by atoms with Crippen molar-refractivity contribution in [2.75, 3.05) is 0 Å². The van der Waals surface area contributed by atoms with E-state index < -0.39 is 0 Å². The van der Waals surface area contributed by atoms with Crippen LogP contribution in [0, 0.1) is 0 Å². The van der Waals surface area contributed by atoms with Crippen molar-refractivity contribution in [2.24, 2.45) is 0 Å². The topological polar surface area (TPSA) is 59.0 Å². The normalized spacial score (nSPS) is 15.3. The SMILES string of the molecule is CC(C)c1nccc(C(=O)N(Cc2ccccn2)C2CCCCC2)n1. The number of amides is 1. The van der Waals surface area contributed by atoms with Crippen LogP contribution in [-0.2, 0) is 6.54 Å². The van der Waals surface area contributed by atoms with Gasteiger partial charge in [-0.15, -0.1) is 0 Å². The summed E-state index contributed by atoms with van der Waals surface area (Å²) in [6.45, 7) is 4.61. The summed E-state index contributed by atoms with van der Waals surface area (Å²) in [5.74, 6) is 0.904. The first-order valence-electron chi connectivity index (χ1n) is 9.19. The first kappa shape index (κ1) is 17.5. The van der Waals surface area contributed by atoms with Crippen molar-refractivity contribution < 1.29 is 4.79 Å². The largest absolute Gasteiger partial charge is 0.328 e. The van der Waals surface area contributed by atoms with E-state index in [0.29, 0.717) is 18.1 Å². The lowest BCUT2D eigenvalue weighted by Crippen LogP contribution is -2.41. The lowest BCUT2D eigenvalue weighted by atomic mass is 9.93. The Kier molecular flexibility index (Phi) is 5.74. The van der Waals surface area contributed by atoms with Gasteiger partial charge < -0.3 is 4.90 Å². The first-order valence-corrected chi connectivity index (χ1v) is 9.19. The van der Waals surface area contributed by atoms with E-state index in [2.05, 4.69) is 15.0 Å². The van der Waals surface area contributed by atoms with Gasteiger partial charge in [0.05, 0.1) is 12.2 Å². The zero-order valence-corrected chi connectivity index (χ0v) is 15.1. The summed E-state index contributed by atoms with van der Waals surface area (Å²) in [4.78, 5) is 28.4. The minimum absolute atomic E-state index is 0.0122. The van der Waals surface area contributed by atoms with E-state index in [1.54, 1.807) is 18.5 Å². The van der Waals surface area contributed by atoms with Gasteiger partial charge in [-0.2, -0.15) is 0 Å². The van der Waals surface area contributed by atoms with Gasteiger partial charge in [0.25, 0.3) is 5.91 Å². The predicted molar refractivity (Wildman–Crippen MR) is 97.1 cm³/mol. The molecule has 2 aromatic heterocycles. The molecule has 2 aromatic rings. The maximum Gasteiger partial charge on any atom is 0.273 e. The molecule has 25 heavy (non-hydrogen) atoms. The summed E-state index contributed by atoms with van der Waals surface area (Å²) < 4.78 is 0. The Hall–Kier alpha value is -2.30. The summed E-state index contributed by atoms with van der Waals surface area (Å²) in [5, 5.41) is 0. The molecule has 0 saturated heterocycles. The van der Waals surface area contributed by atoms with E-state index >= 15 is 0 Å². The second kappa shape index (κ2) is 8.19. The average Bonchev–Trinajstić information content (AvgIpc) is 2.67. The molecule has 0 unspecified atom stereocenters. The molecule has 0 atom stereocenters. The number of carbonyl (C=O) groups is 1. The third-order valence-corrected chi connectivity index (χ3v) is 4.74. The van der Waals surface area contributed by atoms with Gasteiger partial charge in [0.1, 0.15) is 11.5 Å². The van der Waals surface area contributed by atoms with Crippen LogP contribution in [0.2, 0.25) is 0 Å². The Morgan fingerprint density at radius 1 is 1.12 bits per heavy atom. The van der Waals surface area contributed by atoms with Crippen molar-refractivity contribution in [1.82, 2.24) is 19.9 Å². The third kappa shape index (κ3) is 4.41. The molecular formula is C20H26N4O. The number of pyridine rings is 1. The number of rotatable bonds is 5. The zero-order chi connectivity index (χ0) is 17.6. The van der Waals surface area contributed by atoms with Crippen LogP contribution in [0.1, 0.15) is 73.9 Å². The highest BCUT2D eigenvalue weighted by atomic mass is 16.2. The van der Waals surface area contributed by atoms with Crippen LogP contribution in [0.25, 0.3) is 0 Å². The standard InChI is InChI=1S/C20H26N4O/c1-15(2)19-22-13-11-18(23-19)20(25)24(17-9-4-3-5-10-17)14-16-8-6-7-12-21-16/h6-8,11-13,15,17H,3-5,9-10,14H2,1-2H3. The molecule has 0 radical (unpaired) electrons. The zero-order valence-electron chi connectivity index (χ0n) is 15.1. The second-order valence-corrected chi connectivity index (χ2v) is 7.00. The molecule has 5 heteroatoms. The van der Waals surface area contributed by atoms with Crippen molar-refractivity contribution in [3.05, 3.63) is 53.9 Å². The van der Waals surface area contributed by atoms with Crippen molar-refractivity contribution in [1.29, 1.82) is 0 Å². The maximum absolute atomic E-state index is 13.2. The molecule has 1 aliphatic rings. The van der Waals surface area contributed by atoms with E-state index in [1.807, 2.05) is 36.9 Å². The Bertz CT molecular complexity index is 696. The number of hydrogen-bond donors (Lipinski definition) is 0. The molecule has 1 aliphatic carbocycles. The summed E-state index contributed by atoms with van der Waals surface area (Å²) in [6, 6.07) is 7.83. The summed E-state index contributed by atoms with van der Waals surface area (Å²) in [7, 11) is 0.